The van der Waals surface area contributed by atoms with Crippen LogP contribution in [0.25, 0.3) is 23.1 Å². The summed E-state index contributed by atoms with van der Waals surface area (Å²) in [5.41, 5.74) is 4.63. The first-order valence-corrected chi connectivity index (χ1v) is 8.30. The van der Waals surface area contributed by atoms with Gasteiger partial charge in [-0.05, 0) is 37.3 Å². The van der Waals surface area contributed by atoms with Gasteiger partial charge in [-0.2, -0.15) is 0 Å². The van der Waals surface area contributed by atoms with Gasteiger partial charge in [0.05, 0.1) is 15.7 Å². The van der Waals surface area contributed by atoms with Crippen LogP contribution in [0.15, 0.2) is 51.9 Å². The summed E-state index contributed by atoms with van der Waals surface area (Å²) in [6.07, 6.45) is 1.77. The van der Waals surface area contributed by atoms with Gasteiger partial charge in [-0.1, -0.05) is 41.4 Å². The molecule has 2 heterocycles. The number of aromatic nitrogens is 1. The van der Waals surface area contributed by atoms with Gasteiger partial charge in [0.1, 0.15) is 5.69 Å². The number of fused-ring (bicyclic) bond motifs is 1. The van der Waals surface area contributed by atoms with Crippen LogP contribution in [0.1, 0.15) is 18.2 Å². The molecule has 1 N–H and O–H groups in total. The first-order valence-electron chi connectivity index (χ1n) is 7.55. The van der Waals surface area contributed by atoms with Crippen molar-refractivity contribution in [3.05, 3.63) is 63.8 Å². The molecule has 0 radical (unpaired) electrons. The monoisotopic (exact) mass is 370 g/mol. The maximum absolute atomic E-state index is 10.1. The van der Waals surface area contributed by atoms with E-state index in [4.69, 9.17) is 27.6 Å². The van der Waals surface area contributed by atoms with Crippen molar-refractivity contribution >= 4 is 46.3 Å². The molecule has 0 fully saturated rings. The molecule has 0 saturated heterocycles. The van der Waals surface area contributed by atoms with Crippen LogP contribution in [-0.2, 0) is 0 Å². The Bertz CT molecular complexity index is 1050. The molecule has 0 unspecified atom stereocenters. The predicted octanol–water partition coefficient (Wildman–Crippen LogP) is 6.00. The van der Waals surface area contributed by atoms with E-state index in [0.717, 1.165) is 22.5 Å². The highest BCUT2D eigenvalue weighted by Crippen LogP contribution is 2.37. The average molecular weight is 371 g/mol. The Morgan fingerprint density at radius 3 is 2.68 bits per heavy atom. The highest BCUT2D eigenvalue weighted by molar-refractivity contribution is 6.42. The van der Waals surface area contributed by atoms with E-state index in [9.17, 15) is 5.11 Å². The van der Waals surface area contributed by atoms with Crippen LogP contribution < -0.4 is 0 Å². The van der Waals surface area contributed by atoms with Crippen LogP contribution in [0.3, 0.4) is 0 Å². The van der Waals surface area contributed by atoms with Crippen molar-refractivity contribution in [1.29, 1.82) is 0 Å². The van der Waals surface area contributed by atoms with E-state index in [-0.39, 0.29) is 11.8 Å². The normalized spacial score (nSPS) is 14.7. The fourth-order valence-corrected chi connectivity index (χ4v) is 3.02. The van der Waals surface area contributed by atoms with Crippen molar-refractivity contribution in [2.45, 2.75) is 6.92 Å². The number of para-hydroxylation sites is 1. The lowest BCUT2D eigenvalue weighted by Crippen LogP contribution is -1.90. The second-order valence-electron chi connectivity index (χ2n) is 5.61. The van der Waals surface area contributed by atoms with Gasteiger partial charge in [0.2, 0.25) is 5.89 Å². The Morgan fingerprint density at radius 1 is 1.08 bits per heavy atom. The van der Waals surface area contributed by atoms with Gasteiger partial charge in [-0.3, -0.25) is 4.99 Å². The highest BCUT2D eigenvalue weighted by Gasteiger charge is 2.20. The van der Waals surface area contributed by atoms with Crippen LogP contribution in [0, 0.1) is 0 Å². The second-order valence-corrected chi connectivity index (χ2v) is 6.43. The molecule has 4 rings (SSSR count). The van der Waals surface area contributed by atoms with Gasteiger partial charge in [0.25, 0.3) is 0 Å². The van der Waals surface area contributed by atoms with Gasteiger partial charge in [0, 0.05) is 22.4 Å². The predicted molar refractivity (Wildman–Crippen MR) is 101 cm³/mol. The third-order valence-corrected chi connectivity index (χ3v) is 4.69. The number of allylic oxidation sites excluding steroid dienone is 1. The zero-order chi connectivity index (χ0) is 17.6. The Kier molecular flexibility index (Phi) is 3.86. The zero-order valence-corrected chi connectivity index (χ0v) is 14.6. The number of hydrogen-bond acceptors (Lipinski definition) is 4. The van der Waals surface area contributed by atoms with Crippen molar-refractivity contribution in [1.82, 2.24) is 4.98 Å². The summed E-state index contributed by atoms with van der Waals surface area (Å²) in [7, 11) is 0. The van der Waals surface area contributed by atoms with Gasteiger partial charge < -0.3 is 9.52 Å². The maximum Gasteiger partial charge on any atom is 0.310 e. The third kappa shape index (κ3) is 2.84. The van der Waals surface area contributed by atoms with Crippen molar-refractivity contribution in [2.75, 3.05) is 0 Å². The summed E-state index contributed by atoms with van der Waals surface area (Å²) in [5.74, 6) is 0.00884. The SMILES string of the molecule is CC1=Nc2ccccc2C1=Cc1nc(-c2ccc(Cl)c(Cl)c2)oc1O. The van der Waals surface area contributed by atoms with E-state index in [1.807, 2.05) is 31.2 Å². The molecule has 0 bridgehead atoms. The van der Waals surface area contributed by atoms with Crippen LogP contribution in [-0.4, -0.2) is 15.8 Å². The second kappa shape index (κ2) is 6.06. The fraction of sp³-hybridized carbons (Fsp3) is 0.0526. The van der Waals surface area contributed by atoms with Crippen LogP contribution in [0.4, 0.5) is 5.69 Å². The molecule has 4 nitrogen and oxygen atoms in total. The number of aromatic hydroxyl groups is 1. The Labute approximate surface area is 154 Å². The third-order valence-electron chi connectivity index (χ3n) is 3.95. The highest BCUT2D eigenvalue weighted by atomic mass is 35.5. The molecule has 0 atom stereocenters. The molecule has 0 saturated carbocycles. The van der Waals surface area contributed by atoms with Crippen LogP contribution in [0.2, 0.25) is 10.0 Å². The lowest BCUT2D eigenvalue weighted by molar-refractivity contribution is 0.336. The minimum Gasteiger partial charge on any atom is -0.479 e. The molecule has 1 aromatic heterocycles. The molecule has 0 aliphatic carbocycles. The van der Waals surface area contributed by atoms with Crippen molar-refractivity contribution in [3.63, 3.8) is 0 Å². The molecule has 0 spiro atoms. The number of rotatable bonds is 2. The van der Waals surface area contributed by atoms with Gasteiger partial charge in [-0.15, -0.1) is 0 Å². The zero-order valence-electron chi connectivity index (χ0n) is 13.1. The van der Waals surface area contributed by atoms with E-state index in [1.165, 1.54) is 0 Å². The quantitative estimate of drug-likeness (QED) is 0.601. The fourth-order valence-electron chi connectivity index (χ4n) is 2.72. The topological polar surface area (TPSA) is 58.6 Å². The minimum atomic E-state index is -0.259. The molecule has 0 amide bonds. The summed E-state index contributed by atoms with van der Waals surface area (Å²) in [6, 6.07) is 12.8. The van der Waals surface area contributed by atoms with Crippen LogP contribution >= 0.6 is 23.2 Å². The average Bonchev–Trinajstić information content (AvgIpc) is 3.11. The van der Waals surface area contributed by atoms with Crippen molar-refractivity contribution in [3.8, 4) is 17.4 Å². The molecule has 2 aromatic carbocycles. The first kappa shape index (κ1) is 15.9. The molecule has 1 aliphatic heterocycles. The van der Waals surface area contributed by atoms with E-state index < -0.39 is 0 Å². The number of halogens is 2. The molecular formula is C19H12Cl2N2O2. The number of nitrogens with zero attached hydrogens (tertiary/aromatic N) is 2. The lowest BCUT2D eigenvalue weighted by atomic mass is 10.0. The summed E-state index contributed by atoms with van der Waals surface area (Å²) >= 11 is 12.0. The smallest absolute Gasteiger partial charge is 0.310 e. The standard InChI is InChI=1S/C19H12Cl2N2O2/c1-10-13(12-4-2-3-5-16(12)22-10)9-17-19(24)25-18(23-17)11-6-7-14(20)15(21)8-11/h2-9,24H,1H3. The van der Waals surface area contributed by atoms with Crippen molar-refractivity contribution in [2.24, 2.45) is 4.99 Å². The summed E-state index contributed by atoms with van der Waals surface area (Å²) in [5, 5.41) is 11.0. The number of hydrogen-bond donors (Lipinski definition) is 1. The molecule has 1 aliphatic rings. The molecular weight excluding hydrogens is 359 g/mol. The maximum atomic E-state index is 10.1. The Balaban J connectivity index is 1.77. The number of benzene rings is 2. The molecule has 6 heteroatoms. The molecule has 3 aromatic rings. The van der Waals surface area contributed by atoms with Crippen LogP contribution in [0.5, 0.6) is 5.95 Å². The lowest BCUT2D eigenvalue weighted by Gasteiger charge is -1.99. The summed E-state index contributed by atoms with van der Waals surface area (Å²) in [6.45, 7) is 1.92. The summed E-state index contributed by atoms with van der Waals surface area (Å²) in [4.78, 5) is 8.89. The van der Waals surface area contributed by atoms with E-state index in [1.54, 1.807) is 24.3 Å². The Hall–Kier alpha value is -2.56. The van der Waals surface area contributed by atoms with Gasteiger partial charge >= 0.3 is 5.95 Å². The van der Waals surface area contributed by atoms with E-state index >= 15 is 0 Å². The van der Waals surface area contributed by atoms with Gasteiger partial charge in [0.15, 0.2) is 0 Å². The summed E-state index contributed by atoms with van der Waals surface area (Å²) < 4.78 is 5.39. The van der Waals surface area contributed by atoms with Crippen molar-refractivity contribution < 1.29 is 9.52 Å². The largest absolute Gasteiger partial charge is 0.479 e. The molecule has 25 heavy (non-hydrogen) atoms. The minimum absolute atomic E-state index is 0.259. The van der Waals surface area contributed by atoms with Gasteiger partial charge in [-0.25, -0.2) is 4.98 Å². The molecule has 124 valence electrons. The number of oxazole rings is 1. The Morgan fingerprint density at radius 2 is 1.88 bits per heavy atom. The number of aliphatic imine (C=N–C) groups is 1. The first-order chi connectivity index (χ1) is 12.0. The van der Waals surface area contributed by atoms with E-state index in [0.29, 0.717) is 21.3 Å². The van der Waals surface area contributed by atoms with E-state index in [2.05, 4.69) is 9.98 Å².